The molecule has 1 aromatic rings. The van der Waals surface area contributed by atoms with Crippen LogP contribution in [0.15, 0.2) is 24.3 Å². The molecule has 22 heavy (non-hydrogen) atoms. The Hall–Kier alpha value is -1.55. The van der Waals surface area contributed by atoms with Crippen molar-refractivity contribution in [2.45, 2.75) is 38.6 Å². The van der Waals surface area contributed by atoms with E-state index in [1.54, 1.807) is 7.11 Å². The van der Waals surface area contributed by atoms with Crippen molar-refractivity contribution in [3.05, 3.63) is 29.8 Å². The second kappa shape index (κ2) is 8.18. The van der Waals surface area contributed by atoms with Crippen molar-refractivity contribution >= 4 is 5.91 Å². The van der Waals surface area contributed by atoms with Crippen LogP contribution >= 0.6 is 0 Å². The zero-order valence-electron chi connectivity index (χ0n) is 14.0. The topological polar surface area (TPSA) is 41.6 Å². The minimum atomic E-state index is 0.0877. The van der Waals surface area contributed by atoms with Gasteiger partial charge >= 0.3 is 0 Å². The van der Waals surface area contributed by atoms with Crippen molar-refractivity contribution in [1.82, 2.24) is 10.2 Å². The lowest BCUT2D eigenvalue weighted by Crippen LogP contribution is -2.34. The fourth-order valence-corrected chi connectivity index (χ4v) is 3.04. The standard InChI is InChI=1S/C18H28N2O2/c1-4-17(15-5-7-16(22-3)8-6-15)19-18(21)13-14-9-11-20(2)12-10-14/h5-8,14,17H,4,9-13H2,1-3H3,(H,19,21)/t17-/m1/s1. The van der Waals surface area contributed by atoms with Gasteiger partial charge in [-0.2, -0.15) is 0 Å². The molecule has 1 N–H and O–H groups in total. The van der Waals surface area contributed by atoms with Gasteiger partial charge in [-0.3, -0.25) is 4.79 Å². The van der Waals surface area contributed by atoms with Gasteiger partial charge in [0.25, 0.3) is 0 Å². The van der Waals surface area contributed by atoms with E-state index in [2.05, 4.69) is 24.2 Å². The number of ether oxygens (including phenoxy) is 1. The Morgan fingerprint density at radius 1 is 1.32 bits per heavy atom. The first-order chi connectivity index (χ1) is 10.6. The van der Waals surface area contributed by atoms with Crippen LogP contribution in [0.5, 0.6) is 5.75 Å². The lowest BCUT2D eigenvalue weighted by molar-refractivity contribution is -0.123. The Labute approximate surface area is 133 Å². The third kappa shape index (κ3) is 4.73. The molecule has 1 saturated heterocycles. The summed E-state index contributed by atoms with van der Waals surface area (Å²) in [7, 11) is 3.81. The summed E-state index contributed by atoms with van der Waals surface area (Å²) >= 11 is 0. The molecule has 4 heteroatoms. The van der Waals surface area contributed by atoms with Crippen LogP contribution in [0.4, 0.5) is 0 Å². The summed E-state index contributed by atoms with van der Waals surface area (Å²) in [4.78, 5) is 14.6. The molecule has 0 unspecified atom stereocenters. The van der Waals surface area contributed by atoms with Gasteiger partial charge in [0.2, 0.25) is 5.91 Å². The molecule has 1 aliphatic heterocycles. The van der Waals surface area contributed by atoms with Gasteiger partial charge in [0, 0.05) is 6.42 Å². The number of likely N-dealkylation sites (tertiary alicyclic amines) is 1. The molecule has 122 valence electrons. The number of carbonyl (C=O) groups is 1. The Morgan fingerprint density at radius 3 is 2.50 bits per heavy atom. The van der Waals surface area contributed by atoms with Crippen LogP contribution in [0.1, 0.15) is 44.2 Å². The van der Waals surface area contributed by atoms with Crippen molar-refractivity contribution in [2.24, 2.45) is 5.92 Å². The number of nitrogens with zero attached hydrogens (tertiary/aromatic N) is 1. The predicted octanol–water partition coefficient (Wildman–Crippen LogP) is 2.99. The summed E-state index contributed by atoms with van der Waals surface area (Å²) in [6, 6.07) is 8.04. The number of carbonyl (C=O) groups excluding carboxylic acids is 1. The number of nitrogens with one attached hydrogen (secondary N) is 1. The third-order valence-electron chi connectivity index (χ3n) is 4.57. The molecule has 0 saturated carbocycles. The van der Waals surface area contributed by atoms with E-state index in [9.17, 15) is 4.79 Å². The van der Waals surface area contributed by atoms with E-state index in [1.165, 1.54) is 0 Å². The molecule has 2 rings (SSSR count). The SMILES string of the molecule is CC[C@@H](NC(=O)CC1CCN(C)CC1)c1ccc(OC)cc1. The van der Waals surface area contributed by atoms with E-state index in [0.29, 0.717) is 12.3 Å². The number of hydrogen-bond donors (Lipinski definition) is 1. The number of benzene rings is 1. The lowest BCUT2D eigenvalue weighted by Gasteiger charge is -2.29. The molecule has 0 spiro atoms. The molecular weight excluding hydrogens is 276 g/mol. The molecule has 0 radical (unpaired) electrons. The van der Waals surface area contributed by atoms with E-state index in [-0.39, 0.29) is 11.9 Å². The summed E-state index contributed by atoms with van der Waals surface area (Å²) in [5, 5.41) is 3.19. The second-order valence-electron chi connectivity index (χ2n) is 6.25. The van der Waals surface area contributed by atoms with Crippen molar-refractivity contribution < 1.29 is 9.53 Å². The highest BCUT2D eigenvalue weighted by Gasteiger charge is 2.21. The zero-order valence-corrected chi connectivity index (χ0v) is 14.0. The Morgan fingerprint density at radius 2 is 1.95 bits per heavy atom. The van der Waals surface area contributed by atoms with Crippen LogP contribution < -0.4 is 10.1 Å². The normalized spacial score (nSPS) is 18.0. The summed E-state index contributed by atoms with van der Waals surface area (Å²) in [6.45, 7) is 4.31. The lowest BCUT2D eigenvalue weighted by atomic mass is 9.93. The Bertz CT molecular complexity index is 464. The average Bonchev–Trinajstić information content (AvgIpc) is 2.55. The van der Waals surface area contributed by atoms with E-state index in [1.807, 2.05) is 24.3 Å². The monoisotopic (exact) mass is 304 g/mol. The minimum Gasteiger partial charge on any atom is -0.497 e. The van der Waals surface area contributed by atoms with Crippen molar-refractivity contribution in [3.8, 4) is 5.75 Å². The van der Waals surface area contributed by atoms with Gasteiger partial charge in [0.15, 0.2) is 0 Å². The smallest absolute Gasteiger partial charge is 0.220 e. The summed E-state index contributed by atoms with van der Waals surface area (Å²) in [5.74, 6) is 1.55. The third-order valence-corrected chi connectivity index (χ3v) is 4.57. The van der Waals surface area contributed by atoms with Crippen molar-refractivity contribution in [2.75, 3.05) is 27.2 Å². The van der Waals surface area contributed by atoms with E-state index < -0.39 is 0 Å². The molecular formula is C18H28N2O2. The van der Waals surface area contributed by atoms with Crippen LogP contribution in [0.25, 0.3) is 0 Å². The first-order valence-electron chi connectivity index (χ1n) is 8.24. The fourth-order valence-electron chi connectivity index (χ4n) is 3.04. The summed E-state index contributed by atoms with van der Waals surface area (Å²) in [5.41, 5.74) is 1.14. The van der Waals surface area contributed by atoms with Gasteiger partial charge in [-0.25, -0.2) is 0 Å². The largest absolute Gasteiger partial charge is 0.497 e. The Balaban J connectivity index is 1.87. The summed E-state index contributed by atoms with van der Waals surface area (Å²) < 4.78 is 5.18. The van der Waals surface area contributed by atoms with Gasteiger partial charge in [-0.15, -0.1) is 0 Å². The van der Waals surface area contributed by atoms with Crippen molar-refractivity contribution in [1.29, 1.82) is 0 Å². The minimum absolute atomic E-state index is 0.0877. The molecule has 1 atom stereocenters. The molecule has 4 nitrogen and oxygen atoms in total. The van der Waals surface area contributed by atoms with Crippen LogP contribution in [-0.2, 0) is 4.79 Å². The van der Waals surface area contributed by atoms with Gasteiger partial charge in [0.05, 0.1) is 13.2 Å². The number of hydrogen-bond acceptors (Lipinski definition) is 3. The average molecular weight is 304 g/mol. The molecule has 1 aromatic carbocycles. The number of rotatable bonds is 6. The molecule has 1 fully saturated rings. The Kier molecular flexibility index (Phi) is 6.25. The van der Waals surface area contributed by atoms with E-state index >= 15 is 0 Å². The maximum atomic E-state index is 12.3. The maximum absolute atomic E-state index is 12.3. The number of amides is 1. The molecule has 1 heterocycles. The molecule has 0 aromatic heterocycles. The summed E-state index contributed by atoms with van der Waals surface area (Å²) in [6.07, 6.45) is 3.80. The van der Waals surface area contributed by atoms with Gasteiger partial charge in [0.1, 0.15) is 5.75 Å². The predicted molar refractivity (Wildman–Crippen MR) is 89.0 cm³/mol. The quantitative estimate of drug-likeness (QED) is 0.878. The second-order valence-corrected chi connectivity index (χ2v) is 6.25. The van der Waals surface area contributed by atoms with E-state index in [0.717, 1.165) is 43.7 Å². The number of methoxy groups -OCH3 is 1. The van der Waals surface area contributed by atoms with E-state index in [4.69, 9.17) is 4.74 Å². The zero-order chi connectivity index (χ0) is 15.9. The van der Waals surface area contributed by atoms with Gasteiger partial charge in [-0.05, 0) is 63.0 Å². The highest BCUT2D eigenvalue weighted by Crippen LogP contribution is 2.22. The fraction of sp³-hybridized carbons (Fsp3) is 0.611. The molecule has 0 bridgehead atoms. The number of piperidine rings is 1. The molecule has 0 aliphatic carbocycles. The highest BCUT2D eigenvalue weighted by molar-refractivity contribution is 5.76. The highest BCUT2D eigenvalue weighted by atomic mass is 16.5. The molecule has 1 amide bonds. The van der Waals surface area contributed by atoms with Gasteiger partial charge in [-0.1, -0.05) is 19.1 Å². The maximum Gasteiger partial charge on any atom is 0.220 e. The van der Waals surface area contributed by atoms with Crippen LogP contribution in [0.2, 0.25) is 0 Å². The first-order valence-corrected chi connectivity index (χ1v) is 8.24. The molecule has 1 aliphatic rings. The van der Waals surface area contributed by atoms with Crippen molar-refractivity contribution in [3.63, 3.8) is 0 Å². The van der Waals surface area contributed by atoms with Gasteiger partial charge < -0.3 is 15.0 Å². The van der Waals surface area contributed by atoms with Crippen LogP contribution in [0, 0.1) is 5.92 Å². The van der Waals surface area contributed by atoms with Crippen LogP contribution in [-0.4, -0.2) is 38.1 Å². The first kappa shape index (κ1) is 16.8. The van der Waals surface area contributed by atoms with Crippen LogP contribution in [0.3, 0.4) is 0 Å².